The normalized spacial score (nSPS) is 14.5. The molecular formula is C12H11BrN4S. The van der Waals surface area contributed by atoms with Crippen LogP contribution in [0.4, 0.5) is 5.82 Å². The second kappa shape index (κ2) is 4.78. The molecule has 0 unspecified atom stereocenters. The first-order chi connectivity index (χ1) is 8.70. The molecule has 0 atom stereocenters. The van der Waals surface area contributed by atoms with Crippen molar-refractivity contribution in [3.8, 4) is 0 Å². The molecule has 18 heavy (non-hydrogen) atoms. The van der Waals surface area contributed by atoms with Crippen LogP contribution in [0.2, 0.25) is 0 Å². The zero-order chi connectivity index (χ0) is 12.5. The lowest BCUT2D eigenvalue weighted by atomic mass is 10.3. The van der Waals surface area contributed by atoms with Gasteiger partial charge in [-0.15, -0.1) is 0 Å². The van der Waals surface area contributed by atoms with Crippen LogP contribution in [0.15, 0.2) is 28.9 Å². The van der Waals surface area contributed by atoms with Gasteiger partial charge in [0.2, 0.25) is 0 Å². The highest BCUT2D eigenvalue weighted by Gasteiger charge is 2.21. The number of nitrogens with one attached hydrogen (secondary N) is 2. The van der Waals surface area contributed by atoms with Crippen molar-refractivity contribution in [3.05, 3.63) is 28.9 Å². The molecular weight excluding hydrogens is 312 g/mol. The van der Waals surface area contributed by atoms with Crippen LogP contribution in [-0.2, 0) is 0 Å². The summed E-state index contributed by atoms with van der Waals surface area (Å²) in [4.78, 5) is 8.75. The fraction of sp³-hybridized carbons (Fsp3) is 0.250. The highest BCUT2D eigenvalue weighted by Crippen LogP contribution is 2.20. The van der Waals surface area contributed by atoms with E-state index in [4.69, 9.17) is 12.2 Å². The van der Waals surface area contributed by atoms with Gasteiger partial charge in [0.25, 0.3) is 0 Å². The zero-order valence-electron chi connectivity index (χ0n) is 9.48. The first kappa shape index (κ1) is 11.8. The Morgan fingerprint density at radius 2 is 2.17 bits per heavy atom. The molecule has 1 aliphatic carbocycles. The van der Waals surface area contributed by atoms with E-state index in [2.05, 4.69) is 36.5 Å². The van der Waals surface area contributed by atoms with E-state index < -0.39 is 0 Å². The molecule has 0 aliphatic heterocycles. The predicted molar refractivity (Wildman–Crippen MR) is 79.6 cm³/mol. The third kappa shape index (κ3) is 2.76. The van der Waals surface area contributed by atoms with Crippen LogP contribution in [0.5, 0.6) is 0 Å². The summed E-state index contributed by atoms with van der Waals surface area (Å²) in [7, 11) is 0. The van der Waals surface area contributed by atoms with E-state index in [1.54, 1.807) is 6.20 Å². The summed E-state index contributed by atoms with van der Waals surface area (Å²) in [5.41, 5.74) is 1.70. The zero-order valence-corrected chi connectivity index (χ0v) is 11.9. The van der Waals surface area contributed by atoms with Crippen molar-refractivity contribution < 1.29 is 0 Å². The smallest absolute Gasteiger partial charge is 0.172 e. The minimum Gasteiger partial charge on any atom is -0.360 e. The van der Waals surface area contributed by atoms with Crippen molar-refractivity contribution in [3.63, 3.8) is 0 Å². The Labute approximate surface area is 118 Å². The molecule has 0 bridgehead atoms. The number of rotatable bonds is 2. The number of hydrogen-bond acceptors (Lipinski definition) is 3. The van der Waals surface area contributed by atoms with E-state index in [0.29, 0.717) is 11.2 Å². The Morgan fingerprint density at radius 3 is 2.94 bits per heavy atom. The largest absolute Gasteiger partial charge is 0.360 e. The van der Waals surface area contributed by atoms with E-state index in [0.717, 1.165) is 21.3 Å². The van der Waals surface area contributed by atoms with Crippen LogP contribution in [0, 0.1) is 0 Å². The van der Waals surface area contributed by atoms with Gasteiger partial charge in [-0.25, -0.2) is 4.98 Å². The van der Waals surface area contributed by atoms with Crippen molar-refractivity contribution in [2.24, 2.45) is 0 Å². The third-order valence-corrected chi connectivity index (χ3v) is 3.31. The van der Waals surface area contributed by atoms with Gasteiger partial charge in [0.05, 0.1) is 11.0 Å². The quantitative estimate of drug-likeness (QED) is 0.833. The number of halogens is 1. The SMILES string of the molecule is S=C(Nc1ccc2ncc(Br)cc2n1)NC1CC1. The van der Waals surface area contributed by atoms with E-state index in [1.807, 2.05) is 18.2 Å². The molecule has 0 spiro atoms. The van der Waals surface area contributed by atoms with E-state index >= 15 is 0 Å². The maximum atomic E-state index is 5.21. The van der Waals surface area contributed by atoms with Gasteiger partial charge in [-0.2, -0.15) is 0 Å². The molecule has 4 nitrogen and oxygen atoms in total. The second-order valence-electron chi connectivity index (χ2n) is 4.26. The molecule has 2 N–H and O–H groups in total. The van der Waals surface area contributed by atoms with Gasteiger partial charge in [0.15, 0.2) is 5.11 Å². The number of aromatic nitrogens is 2. The summed E-state index contributed by atoms with van der Waals surface area (Å²) in [6.45, 7) is 0. The highest BCUT2D eigenvalue weighted by atomic mass is 79.9. The lowest BCUT2D eigenvalue weighted by Gasteiger charge is -2.09. The third-order valence-electron chi connectivity index (χ3n) is 2.66. The maximum Gasteiger partial charge on any atom is 0.172 e. The first-order valence-electron chi connectivity index (χ1n) is 5.70. The molecule has 92 valence electrons. The first-order valence-corrected chi connectivity index (χ1v) is 6.91. The van der Waals surface area contributed by atoms with Crippen molar-refractivity contribution in [2.45, 2.75) is 18.9 Å². The number of pyridine rings is 2. The van der Waals surface area contributed by atoms with Gasteiger partial charge >= 0.3 is 0 Å². The van der Waals surface area contributed by atoms with Crippen LogP contribution in [0.1, 0.15) is 12.8 Å². The lowest BCUT2D eigenvalue weighted by molar-refractivity contribution is 0.918. The average Bonchev–Trinajstić information content (AvgIpc) is 3.12. The minimum absolute atomic E-state index is 0.543. The van der Waals surface area contributed by atoms with Crippen molar-refractivity contribution in [2.75, 3.05) is 5.32 Å². The van der Waals surface area contributed by atoms with E-state index in [-0.39, 0.29) is 0 Å². The monoisotopic (exact) mass is 322 g/mol. The second-order valence-corrected chi connectivity index (χ2v) is 5.58. The Hall–Kier alpha value is -1.27. The fourth-order valence-electron chi connectivity index (χ4n) is 1.62. The summed E-state index contributed by atoms with van der Waals surface area (Å²) < 4.78 is 0.915. The number of anilines is 1. The Bertz CT molecular complexity index is 612. The highest BCUT2D eigenvalue weighted by molar-refractivity contribution is 9.10. The van der Waals surface area contributed by atoms with Gasteiger partial charge in [-0.3, -0.25) is 4.98 Å². The number of nitrogens with zero attached hydrogens (tertiary/aromatic N) is 2. The molecule has 6 heteroatoms. The van der Waals surface area contributed by atoms with Crippen molar-refractivity contribution in [1.29, 1.82) is 0 Å². The Kier molecular flexibility index (Phi) is 3.13. The van der Waals surface area contributed by atoms with Gasteiger partial charge in [-0.05, 0) is 59.2 Å². The molecule has 0 radical (unpaired) electrons. The van der Waals surface area contributed by atoms with Gasteiger partial charge in [-0.1, -0.05) is 0 Å². The van der Waals surface area contributed by atoms with E-state index in [9.17, 15) is 0 Å². The average molecular weight is 323 g/mol. The Balaban J connectivity index is 1.80. The fourth-order valence-corrected chi connectivity index (χ4v) is 2.21. The summed E-state index contributed by atoms with van der Waals surface area (Å²) in [6.07, 6.45) is 4.16. The minimum atomic E-state index is 0.543. The topological polar surface area (TPSA) is 49.8 Å². The van der Waals surface area contributed by atoms with Gasteiger partial charge in [0.1, 0.15) is 5.82 Å². The van der Waals surface area contributed by atoms with Gasteiger partial charge < -0.3 is 10.6 Å². The molecule has 0 aromatic carbocycles. The summed E-state index contributed by atoms with van der Waals surface area (Å²) >= 11 is 8.60. The summed E-state index contributed by atoms with van der Waals surface area (Å²) in [5, 5.41) is 6.94. The molecule has 2 aromatic rings. The molecule has 2 heterocycles. The van der Waals surface area contributed by atoms with Crippen molar-refractivity contribution in [1.82, 2.24) is 15.3 Å². The Morgan fingerprint density at radius 1 is 1.33 bits per heavy atom. The molecule has 0 saturated heterocycles. The number of thiocarbonyl (C=S) groups is 1. The molecule has 1 saturated carbocycles. The van der Waals surface area contributed by atoms with Crippen molar-refractivity contribution >= 4 is 50.1 Å². The van der Waals surface area contributed by atoms with Crippen LogP contribution in [0.3, 0.4) is 0 Å². The predicted octanol–water partition coefficient (Wildman–Crippen LogP) is 2.84. The standard InChI is InChI=1S/C12H11BrN4S/c13-7-5-10-9(14-6-7)3-4-11(16-10)17-12(18)15-8-1-2-8/h3-6,8H,1-2H2,(H2,15,16,17,18). The number of hydrogen-bond donors (Lipinski definition) is 2. The van der Waals surface area contributed by atoms with Gasteiger partial charge in [0, 0.05) is 16.7 Å². The molecule has 1 aliphatic rings. The van der Waals surface area contributed by atoms with Crippen LogP contribution < -0.4 is 10.6 Å². The summed E-state index contributed by atoms with van der Waals surface area (Å²) in [5.74, 6) is 0.737. The van der Waals surface area contributed by atoms with Crippen LogP contribution >= 0.6 is 28.1 Å². The molecule has 2 aromatic heterocycles. The number of fused-ring (bicyclic) bond motifs is 1. The molecule has 3 rings (SSSR count). The molecule has 0 amide bonds. The maximum absolute atomic E-state index is 5.21. The van der Waals surface area contributed by atoms with Crippen LogP contribution in [0.25, 0.3) is 11.0 Å². The summed E-state index contributed by atoms with van der Waals surface area (Å²) in [6, 6.07) is 6.28. The molecule has 1 fully saturated rings. The van der Waals surface area contributed by atoms with E-state index in [1.165, 1.54) is 12.8 Å². The van der Waals surface area contributed by atoms with Crippen LogP contribution in [-0.4, -0.2) is 21.1 Å². The lowest BCUT2D eigenvalue weighted by Crippen LogP contribution is -2.30.